The summed E-state index contributed by atoms with van der Waals surface area (Å²) in [5.74, 6) is 0. The second-order valence-electron chi connectivity index (χ2n) is 3.81. The van der Waals surface area contributed by atoms with Crippen LogP contribution < -0.4 is 0 Å². The molecule has 2 nitrogen and oxygen atoms in total. The Labute approximate surface area is 84.6 Å². The van der Waals surface area contributed by atoms with Gasteiger partial charge in [0.1, 0.15) is 0 Å². The lowest BCUT2D eigenvalue weighted by molar-refractivity contribution is 0.0636. The number of hydrogen-bond acceptors (Lipinski definition) is 2. The SMILES string of the molecule is CC(C)OCc1ccc2c(n1)C=CC2. The number of hydrogen-bond donors (Lipinski definition) is 0. The van der Waals surface area contributed by atoms with E-state index in [-0.39, 0.29) is 6.10 Å². The highest BCUT2D eigenvalue weighted by molar-refractivity contribution is 5.55. The van der Waals surface area contributed by atoms with Crippen LogP contribution >= 0.6 is 0 Å². The molecule has 0 amide bonds. The third-order valence-electron chi connectivity index (χ3n) is 2.25. The molecule has 2 rings (SSSR count). The van der Waals surface area contributed by atoms with Crippen molar-refractivity contribution in [1.29, 1.82) is 0 Å². The first-order valence-corrected chi connectivity index (χ1v) is 5.02. The van der Waals surface area contributed by atoms with Crippen LogP contribution in [0, 0.1) is 0 Å². The van der Waals surface area contributed by atoms with Gasteiger partial charge in [-0.2, -0.15) is 0 Å². The molecule has 0 unspecified atom stereocenters. The molecular weight excluding hydrogens is 174 g/mol. The van der Waals surface area contributed by atoms with Crippen LogP contribution in [-0.2, 0) is 17.8 Å². The van der Waals surface area contributed by atoms with Crippen molar-refractivity contribution in [3.05, 3.63) is 35.2 Å². The molecule has 0 N–H and O–H groups in total. The molecule has 74 valence electrons. The Morgan fingerprint density at radius 2 is 2.29 bits per heavy atom. The number of nitrogens with zero attached hydrogens (tertiary/aromatic N) is 1. The van der Waals surface area contributed by atoms with Crippen LogP contribution in [0.5, 0.6) is 0 Å². The molecule has 1 aromatic rings. The van der Waals surface area contributed by atoms with Crippen LogP contribution in [0.2, 0.25) is 0 Å². The second kappa shape index (κ2) is 3.93. The zero-order valence-electron chi connectivity index (χ0n) is 8.66. The first kappa shape index (κ1) is 9.41. The van der Waals surface area contributed by atoms with E-state index in [2.05, 4.69) is 23.2 Å². The third-order valence-corrected chi connectivity index (χ3v) is 2.25. The van der Waals surface area contributed by atoms with Crippen molar-refractivity contribution in [3.63, 3.8) is 0 Å². The summed E-state index contributed by atoms with van der Waals surface area (Å²) in [4.78, 5) is 4.51. The van der Waals surface area contributed by atoms with E-state index in [0.717, 1.165) is 17.8 Å². The standard InChI is InChI=1S/C12H15NO/c1-9(2)14-8-11-7-6-10-4-3-5-12(10)13-11/h3,5-7,9H,4,8H2,1-2H3. The highest BCUT2D eigenvalue weighted by atomic mass is 16.5. The maximum atomic E-state index is 5.50. The van der Waals surface area contributed by atoms with Gasteiger partial charge in [0.15, 0.2) is 0 Å². The molecule has 0 spiro atoms. The summed E-state index contributed by atoms with van der Waals surface area (Å²) in [6.07, 6.45) is 5.51. The Kier molecular flexibility index (Phi) is 2.64. The van der Waals surface area contributed by atoms with Crippen molar-refractivity contribution in [1.82, 2.24) is 4.98 Å². The van der Waals surface area contributed by atoms with Gasteiger partial charge in [-0.15, -0.1) is 0 Å². The van der Waals surface area contributed by atoms with Crippen molar-refractivity contribution >= 4 is 6.08 Å². The fourth-order valence-electron chi connectivity index (χ4n) is 1.49. The lowest BCUT2D eigenvalue weighted by Gasteiger charge is -2.07. The molecule has 1 aliphatic carbocycles. The molecule has 14 heavy (non-hydrogen) atoms. The summed E-state index contributed by atoms with van der Waals surface area (Å²) in [6.45, 7) is 4.68. The van der Waals surface area contributed by atoms with Gasteiger partial charge in [0.25, 0.3) is 0 Å². The van der Waals surface area contributed by atoms with Gasteiger partial charge in [-0.05, 0) is 38.0 Å². The number of allylic oxidation sites excluding steroid dienone is 1. The lowest BCUT2D eigenvalue weighted by atomic mass is 10.2. The van der Waals surface area contributed by atoms with E-state index in [4.69, 9.17) is 4.74 Å². The number of ether oxygens (including phenoxy) is 1. The van der Waals surface area contributed by atoms with Gasteiger partial charge in [0.05, 0.1) is 24.1 Å². The Morgan fingerprint density at radius 3 is 3.07 bits per heavy atom. The lowest BCUT2D eigenvalue weighted by Crippen LogP contribution is -2.04. The molecule has 0 aliphatic heterocycles. The molecule has 1 aromatic heterocycles. The predicted molar refractivity (Wildman–Crippen MR) is 56.9 cm³/mol. The molecule has 0 saturated heterocycles. The molecule has 0 saturated carbocycles. The Hall–Kier alpha value is -1.15. The third kappa shape index (κ3) is 2.02. The van der Waals surface area contributed by atoms with E-state index in [1.165, 1.54) is 5.56 Å². The maximum absolute atomic E-state index is 5.50. The van der Waals surface area contributed by atoms with Gasteiger partial charge < -0.3 is 4.74 Å². The molecule has 0 aromatic carbocycles. The Balaban J connectivity index is 2.09. The zero-order chi connectivity index (χ0) is 9.97. The van der Waals surface area contributed by atoms with Crippen LogP contribution in [0.25, 0.3) is 6.08 Å². The van der Waals surface area contributed by atoms with Crippen molar-refractivity contribution in [2.45, 2.75) is 33.0 Å². The predicted octanol–water partition coefficient (Wildman–Crippen LogP) is 2.58. The number of fused-ring (bicyclic) bond motifs is 1. The largest absolute Gasteiger partial charge is 0.373 e. The molecule has 0 fully saturated rings. The van der Waals surface area contributed by atoms with Crippen molar-refractivity contribution < 1.29 is 4.74 Å². The molecule has 0 atom stereocenters. The van der Waals surface area contributed by atoms with E-state index in [1.54, 1.807) is 0 Å². The topological polar surface area (TPSA) is 22.1 Å². The van der Waals surface area contributed by atoms with Gasteiger partial charge in [-0.1, -0.05) is 12.1 Å². The summed E-state index contributed by atoms with van der Waals surface area (Å²) in [5, 5.41) is 0. The van der Waals surface area contributed by atoms with E-state index in [1.807, 2.05) is 19.9 Å². The molecule has 2 heteroatoms. The number of rotatable bonds is 3. The van der Waals surface area contributed by atoms with Crippen LogP contribution in [-0.4, -0.2) is 11.1 Å². The smallest absolute Gasteiger partial charge is 0.0891 e. The average molecular weight is 189 g/mol. The van der Waals surface area contributed by atoms with E-state index in [0.29, 0.717) is 6.61 Å². The van der Waals surface area contributed by atoms with Crippen molar-refractivity contribution in [2.75, 3.05) is 0 Å². The monoisotopic (exact) mass is 189 g/mol. The maximum Gasteiger partial charge on any atom is 0.0891 e. The van der Waals surface area contributed by atoms with Crippen molar-refractivity contribution in [2.24, 2.45) is 0 Å². The summed E-state index contributed by atoms with van der Waals surface area (Å²) >= 11 is 0. The number of aromatic nitrogens is 1. The van der Waals surface area contributed by atoms with E-state index in [9.17, 15) is 0 Å². The first-order valence-electron chi connectivity index (χ1n) is 5.02. The van der Waals surface area contributed by atoms with E-state index >= 15 is 0 Å². The van der Waals surface area contributed by atoms with Crippen LogP contribution in [0.4, 0.5) is 0 Å². The Bertz CT molecular complexity index is 355. The molecule has 0 radical (unpaired) electrons. The highest BCUT2D eigenvalue weighted by Crippen LogP contribution is 2.17. The summed E-state index contributed by atoms with van der Waals surface area (Å²) < 4.78 is 5.50. The van der Waals surface area contributed by atoms with Gasteiger partial charge in [0, 0.05) is 0 Å². The molecule has 1 aliphatic rings. The molecule has 1 heterocycles. The van der Waals surface area contributed by atoms with Crippen LogP contribution in [0.15, 0.2) is 18.2 Å². The van der Waals surface area contributed by atoms with Crippen LogP contribution in [0.3, 0.4) is 0 Å². The van der Waals surface area contributed by atoms with Crippen LogP contribution in [0.1, 0.15) is 30.8 Å². The fourth-order valence-corrected chi connectivity index (χ4v) is 1.49. The summed E-state index contributed by atoms with van der Waals surface area (Å²) in [7, 11) is 0. The molecule has 0 bridgehead atoms. The van der Waals surface area contributed by atoms with Gasteiger partial charge in [-0.3, -0.25) is 4.98 Å². The van der Waals surface area contributed by atoms with Crippen molar-refractivity contribution in [3.8, 4) is 0 Å². The average Bonchev–Trinajstić information content (AvgIpc) is 2.61. The molecular formula is C12H15NO. The number of pyridine rings is 1. The summed E-state index contributed by atoms with van der Waals surface area (Å²) in [5.41, 5.74) is 3.44. The minimum absolute atomic E-state index is 0.264. The normalized spacial score (nSPS) is 13.6. The summed E-state index contributed by atoms with van der Waals surface area (Å²) in [6, 6.07) is 4.19. The minimum atomic E-state index is 0.264. The van der Waals surface area contributed by atoms with Gasteiger partial charge in [0.2, 0.25) is 0 Å². The second-order valence-corrected chi connectivity index (χ2v) is 3.81. The highest BCUT2D eigenvalue weighted by Gasteiger charge is 2.07. The van der Waals surface area contributed by atoms with E-state index < -0.39 is 0 Å². The quantitative estimate of drug-likeness (QED) is 0.729. The fraction of sp³-hybridized carbons (Fsp3) is 0.417. The minimum Gasteiger partial charge on any atom is -0.373 e. The zero-order valence-corrected chi connectivity index (χ0v) is 8.66. The Morgan fingerprint density at radius 1 is 1.43 bits per heavy atom. The first-order chi connectivity index (χ1) is 6.75. The van der Waals surface area contributed by atoms with Gasteiger partial charge >= 0.3 is 0 Å². The van der Waals surface area contributed by atoms with Gasteiger partial charge in [-0.25, -0.2) is 0 Å².